The van der Waals surface area contributed by atoms with Crippen molar-refractivity contribution in [3.8, 4) is 11.1 Å². The maximum Gasteiger partial charge on any atom is 0.406 e. The number of nitrogens with zero attached hydrogens (tertiary/aromatic N) is 2. The lowest BCUT2D eigenvalue weighted by molar-refractivity contribution is -0.142. The highest BCUT2D eigenvalue weighted by molar-refractivity contribution is 5.82. The van der Waals surface area contributed by atoms with E-state index in [1.807, 2.05) is 35.2 Å². The van der Waals surface area contributed by atoms with Gasteiger partial charge >= 0.3 is 6.09 Å². The predicted octanol–water partition coefficient (Wildman–Crippen LogP) is 4.83. The number of carbonyl (C=O) groups is 2. The van der Waals surface area contributed by atoms with Crippen molar-refractivity contribution in [2.45, 2.75) is 82.4 Å². The number of benzene rings is 2. The molecule has 8 nitrogen and oxygen atoms in total. The monoisotopic (exact) mass is 608 g/mol. The Kier molecular flexibility index (Phi) is 10.9. The first-order valence-corrected chi connectivity index (χ1v) is 16.5. The Bertz CT molecular complexity index is 1290. The van der Waals surface area contributed by atoms with Gasteiger partial charge in [0.05, 0.1) is 18.8 Å². The highest BCUT2D eigenvalue weighted by Crippen LogP contribution is 2.44. The van der Waals surface area contributed by atoms with E-state index in [2.05, 4.69) is 22.5 Å². The van der Waals surface area contributed by atoms with Crippen LogP contribution in [0.4, 0.5) is 9.18 Å². The smallest absolute Gasteiger partial charge is 0.406 e. The van der Waals surface area contributed by atoms with Gasteiger partial charge in [-0.3, -0.25) is 9.69 Å². The van der Waals surface area contributed by atoms with Gasteiger partial charge in [-0.25, -0.2) is 9.18 Å². The van der Waals surface area contributed by atoms with Crippen LogP contribution in [-0.4, -0.2) is 85.4 Å². The Morgan fingerprint density at radius 2 is 1.86 bits per heavy atom. The Morgan fingerprint density at radius 3 is 2.64 bits per heavy atom. The number of hydrogen-bond donors (Lipinski definition) is 3. The van der Waals surface area contributed by atoms with Crippen LogP contribution in [-0.2, 0) is 21.6 Å². The maximum atomic E-state index is 15.8. The van der Waals surface area contributed by atoms with E-state index in [0.717, 1.165) is 75.7 Å². The van der Waals surface area contributed by atoms with Crippen LogP contribution in [0.15, 0.2) is 42.5 Å². The van der Waals surface area contributed by atoms with E-state index >= 15 is 4.39 Å². The number of nitrogens with one attached hydrogen (secondary N) is 2. The SMILES string of the molecule is CCc1cccc(-c2c(F)cccc2[C@](O)(CCCNC(=O)OC)[C@@H]2CCCN(C(=O)[C@@H]3CCCN3C3CCNCC3)C2)c1. The van der Waals surface area contributed by atoms with Crippen LogP contribution in [0.3, 0.4) is 0 Å². The average Bonchev–Trinajstić information content (AvgIpc) is 3.56. The fourth-order valence-corrected chi connectivity index (χ4v) is 7.71. The quantitative estimate of drug-likeness (QED) is 0.335. The minimum Gasteiger partial charge on any atom is -0.453 e. The molecule has 0 saturated carbocycles. The molecular weight excluding hydrogens is 559 g/mol. The van der Waals surface area contributed by atoms with Gasteiger partial charge in [-0.1, -0.05) is 43.3 Å². The number of aliphatic hydroxyl groups is 1. The van der Waals surface area contributed by atoms with Gasteiger partial charge in [0.1, 0.15) is 5.82 Å². The van der Waals surface area contributed by atoms with Gasteiger partial charge < -0.3 is 25.4 Å². The van der Waals surface area contributed by atoms with E-state index in [1.165, 1.54) is 13.2 Å². The average molecular weight is 609 g/mol. The van der Waals surface area contributed by atoms with Crippen LogP contribution in [0, 0.1) is 11.7 Å². The number of alkyl carbamates (subject to hydrolysis) is 1. The van der Waals surface area contributed by atoms with Crippen molar-refractivity contribution in [3.63, 3.8) is 0 Å². The molecule has 0 radical (unpaired) electrons. The number of rotatable bonds is 10. The van der Waals surface area contributed by atoms with Crippen molar-refractivity contribution in [1.82, 2.24) is 20.4 Å². The molecule has 9 heteroatoms. The van der Waals surface area contributed by atoms with E-state index in [1.54, 1.807) is 6.07 Å². The zero-order chi connectivity index (χ0) is 31.1. The van der Waals surface area contributed by atoms with Crippen molar-refractivity contribution in [2.75, 3.05) is 46.4 Å². The van der Waals surface area contributed by atoms with Crippen LogP contribution >= 0.6 is 0 Å². The summed E-state index contributed by atoms with van der Waals surface area (Å²) < 4.78 is 20.5. The van der Waals surface area contributed by atoms with Crippen molar-refractivity contribution < 1.29 is 23.8 Å². The summed E-state index contributed by atoms with van der Waals surface area (Å²) >= 11 is 0. The molecule has 0 bridgehead atoms. The number of aryl methyl sites for hydroxylation is 1. The Balaban J connectivity index is 1.44. The van der Waals surface area contributed by atoms with Gasteiger partial charge in [0.15, 0.2) is 0 Å². The molecular formula is C35H49FN4O4. The lowest BCUT2D eigenvalue weighted by atomic mass is 9.72. The number of hydrogen-bond acceptors (Lipinski definition) is 6. The summed E-state index contributed by atoms with van der Waals surface area (Å²) in [6, 6.07) is 13.1. The first-order valence-electron chi connectivity index (χ1n) is 16.5. The Labute approximate surface area is 261 Å². The fraction of sp³-hybridized carbons (Fsp3) is 0.600. The summed E-state index contributed by atoms with van der Waals surface area (Å²) in [5.41, 5.74) is 1.35. The third-order valence-electron chi connectivity index (χ3n) is 10.1. The van der Waals surface area contributed by atoms with Gasteiger partial charge in [-0.15, -0.1) is 0 Å². The summed E-state index contributed by atoms with van der Waals surface area (Å²) in [5, 5.41) is 18.9. The maximum absolute atomic E-state index is 15.8. The number of amides is 2. The minimum atomic E-state index is -1.42. The van der Waals surface area contributed by atoms with E-state index in [4.69, 9.17) is 4.74 Å². The Morgan fingerprint density at radius 1 is 1.09 bits per heavy atom. The molecule has 3 aliphatic heterocycles. The second-order valence-corrected chi connectivity index (χ2v) is 12.7. The normalized spacial score (nSPS) is 22.9. The van der Waals surface area contributed by atoms with Gasteiger partial charge in [0.25, 0.3) is 0 Å². The summed E-state index contributed by atoms with van der Waals surface area (Å²) in [5.74, 6) is -0.508. The molecule has 2 amide bonds. The molecule has 3 atom stereocenters. The molecule has 3 saturated heterocycles. The lowest BCUT2D eigenvalue weighted by Gasteiger charge is -2.45. The molecule has 3 heterocycles. The molecule has 5 rings (SSSR count). The number of likely N-dealkylation sites (tertiary alicyclic amines) is 2. The Hall–Kier alpha value is -3.01. The highest BCUT2D eigenvalue weighted by atomic mass is 19.1. The van der Waals surface area contributed by atoms with Gasteiger partial charge in [0, 0.05) is 37.2 Å². The third-order valence-corrected chi connectivity index (χ3v) is 10.1. The van der Waals surface area contributed by atoms with Crippen molar-refractivity contribution in [1.29, 1.82) is 0 Å². The first-order chi connectivity index (χ1) is 21.4. The lowest BCUT2D eigenvalue weighted by Crippen LogP contribution is -2.55. The fourth-order valence-electron chi connectivity index (χ4n) is 7.71. The minimum absolute atomic E-state index is 0.115. The second-order valence-electron chi connectivity index (χ2n) is 12.7. The molecule has 0 aliphatic carbocycles. The van der Waals surface area contributed by atoms with Gasteiger partial charge in [-0.2, -0.15) is 0 Å². The van der Waals surface area contributed by atoms with Gasteiger partial charge in [0.2, 0.25) is 5.91 Å². The van der Waals surface area contributed by atoms with Gasteiger partial charge in [-0.05, 0) is 100 Å². The largest absolute Gasteiger partial charge is 0.453 e. The molecule has 2 aromatic rings. The van der Waals surface area contributed by atoms with Crippen LogP contribution in [0.25, 0.3) is 11.1 Å². The molecule has 44 heavy (non-hydrogen) atoms. The first kappa shape index (κ1) is 32.4. The molecule has 0 aromatic heterocycles. The van der Waals surface area contributed by atoms with Crippen molar-refractivity contribution >= 4 is 12.0 Å². The zero-order valence-corrected chi connectivity index (χ0v) is 26.3. The van der Waals surface area contributed by atoms with E-state index in [0.29, 0.717) is 49.6 Å². The van der Waals surface area contributed by atoms with E-state index in [9.17, 15) is 14.7 Å². The molecule has 0 unspecified atom stereocenters. The third kappa shape index (κ3) is 7.11. The van der Waals surface area contributed by atoms with Crippen molar-refractivity contribution in [3.05, 3.63) is 59.4 Å². The van der Waals surface area contributed by atoms with Crippen LogP contribution in [0.1, 0.15) is 69.4 Å². The van der Waals surface area contributed by atoms with Crippen LogP contribution in [0.5, 0.6) is 0 Å². The second kappa shape index (κ2) is 14.8. The van der Waals surface area contributed by atoms with Crippen LogP contribution in [0.2, 0.25) is 0 Å². The van der Waals surface area contributed by atoms with E-state index in [-0.39, 0.29) is 23.7 Å². The number of halogens is 1. The highest BCUT2D eigenvalue weighted by Gasteiger charge is 2.45. The summed E-state index contributed by atoms with van der Waals surface area (Å²) in [7, 11) is 1.32. The molecule has 3 aliphatic rings. The molecule has 2 aromatic carbocycles. The summed E-state index contributed by atoms with van der Waals surface area (Å²) in [6.45, 7) is 6.40. The van der Waals surface area contributed by atoms with E-state index < -0.39 is 11.7 Å². The number of ether oxygens (including phenoxy) is 1. The summed E-state index contributed by atoms with van der Waals surface area (Å²) in [6.07, 6.45) is 6.57. The predicted molar refractivity (Wildman–Crippen MR) is 170 cm³/mol. The zero-order valence-electron chi connectivity index (χ0n) is 26.3. The summed E-state index contributed by atoms with van der Waals surface area (Å²) in [4.78, 5) is 30.2. The number of methoxy groups -OCH3 is 1. The molecule has 3 fully saturated rings. The van der Waals surface area contributed by atoms with Crippen molar-refractivity contribution in [2.24, 2.45) is 5.92 Å². The molecule has 3 N–H and O–H groups in total. The van der Waals surface area contributed by atoms with Crippen LogP contribution < -0.4 is 10.6 Å². The topological polar surface area (TPSA) is 94.1 Å². The number of piperidine rings is 2. The molecule has 240 valence electrons. The standard InChI is InChI=1S/C35H49FN4O4/c1-3-25-9-4-10-26(23-25)32-29(12-5-13-30(32)36)35(43,17-8-18-38-34(42)44-2)27-11-6-21-39(24-27)33(41)31-14-7-22-40(31)28-15-19-37-20-16-28/h4-5,9-10,12-13,23,27-28,31,37,43H,3,6-8,11,14-22,24H2,1-2H3,(H,38,42)/t27-,31+,35+/m1/s1. The number of carbonyl (C=O) groups excluding carboxylic acids is 2. The molecule has 0 spiro atoms.